The summed E-state index contributed by atoms with van der Waals surface area (Å²) in [5.74, 6) is 0.711. The number of hydrogen-bond donors (Lipinski definition) is 0. The van der Waals surface area contributed by atoms with Gasteiger partial charge in [-0.1, -0.05) is 41.7 Å². The first-order valence-electron chi connectivity index (χ1n) is 10.9. The number of anilines is 1. The van der Waals surface area contributed by atoms with Gasteiger partial charge in [-0.25, -0.2) is 9.67 Å². The van der Waals surface area contributed by atoms with E-state index in [0.29, 0.717) is 24.4 Å². The molecule has 3 heterocycles. The Labute approximate surface area is 179 Å². The predicted octanol–water partition coefficient (Wildman–Crippen LogP) is 3.92. The zero-order valence-electron chi connectivity index (χ0n) is 17.2. The Morgan fingerprint density at radius 3 is 2.73 bits per heavy atom. The van der Waals surface area contributed by atoms with E-state index < -0.39 is 0 Å². The largest absolute Gasteiger partial charge is 0.338 e. The van der Waals surface area contributed by atoms with Crippen LogP contribution >= 0.6 is 11.3 Å². The predicted molar refractivity (Wildman–Crippen MR) is 119 cm³/mol. The number of benzene rings is 1. The van der Waals surface area contributed by atoms with E-state index in [-0.39, 0.29) is 17.4 Å². The quantitative estimate of drug-likeness (QED) is 0.577. The fourth-order valence-corrected chi connectivity index (χ4v) is 5.54. The lowest BCUT2D eigenvalue weighted by Crippen LogP contribution is -2.36. The average Bonchev–Trinajstić information content (AvgIpc) is 3.32. The minimum atomic E-state index is -0.139. The van der Waals surface area contributed by atoms with Crippen LogP contribution in [0, 0.1) is 0 Å². The minimum absolute atomic E-state index is 0.120. The Morgan fingerprint density at radius 2 is 2.00 bits per heavy atom. The first kappa shape index (κ1) is 19.4. The minimum Gasteiger partial charge on any atom is -0.338 e. The van der Waals surface area contributed by atoms with Crippen LogP contribution in [0.4, 0.5) is 5.13 Å². The van der Waals surface area contributed by atoms with Crippen molar-refractivity contribution in [2.75, 3.05) is 11.4 Å². The van der Waals surface area contributed by atoms with Crippen LogP contribution in [-0.4, -0.2) is 33.1 Å². The van der Waals surface area contributed by atoms with Crippen molar-refractivity contribution in [1.82, 2.24) is 14.8 Å². The normalized spacial score (nSPS) is 19.0. The molecule has 1 aliphatic heterocycles. The van der Waals surface area contributed by atoms with Crippen molar-refractivity contribution in [3.8, 4) is 0 Å². The number of hydrogen-bond acceptors (Lipinski definition) is 6. The van der Waals surface area contributed by atoms with Crippen molar-refractivity contribution in [2.24, 2.45) is 0 Å². The molecule has 2 aliphatic rings. The van der Waals surface area contributed by atoms with Crippen molar-refractivity contribution < 1.29 is 4.79 Å². The van der Waals surface area contributed by atoms with Crippen molar-refractivity contribution in [2.45, 2.75) is 64.0 Å². The van der Waals surface area contributed by atoms with E-state index in [0.717, 1.165) is 54.2 Å². The summed E-state index contributed by atoms with van der Waals surface area (Å²) in [6, 6.07) is 10.0. The van der Waals surface area contributed by atoms with Crippen LogP contribution in [0.25, 0.3) is 10.2 Å². The number of carbonyl (C=O) groups is 1. The second kappa shape index (κ2) is 7.95. The Bertz CT molecular complexity index is 1130. The summed E-state index contributed by atoms with van der Waals surface area (Å²) in [5.41, 5.74) is 2.61. The number of ketones is 1. The number of nitrogens with zero attached hydrogens (tertiary/aromatic N) is 4. The monoisotopic (exact) mass is 422 g/mol. The molecular weight excluding hydrogens is 396 g/mol. The Hall–Kier alpha value is -2.54. The third kappa shape index (κ3) is 3.55. The van der Waals surface area contributed by atoms with E-state index >= 15 is 0 Å². The first-order valence-corrected chi connectivity index (χ1v) is 11.7. The van der Waals surface area contributed by atoms with E-state index in [4.69, 9.17) is 4.98 Å². The number of Topliss-reactive ketones (excluding diaryl/α,β-unsaturated/α-hetero) is 1. The van der Waals surface area contributed by atoms with Crippen LogP contribution in [0.5, 0.6) is 0 Å². The summed E-state index contributed by atoms with van der Waals surface area (Å²) in [5, 5.41) is 5.43. The number of aromatic nitrogens is 3. The summed E-state index contributed by atoms with van der Waals surface area (Å²) < 4.78 is 2.45. The van der Waals surface area contributed by atoms with Crippen LogP contribution < -0.4 is 10.5 Å². The molecule has 30 heavy (non-hydrogen) atoms. The molecule has 1 atom stereocenters. The molecule has 0 bridgehead atoms. The summed E-state index contributed by atoms with van der Waals surface area (Å²) in [7, 11) is 0. The molecule has 0 spiro atoms. The van der Waals surface area contributed by atoms with Crippen molar-refractivity contribution in [1.29, 1.82) is 0 Å². The van der Waals surface area contributed by atoms with Gasteiger partial charge in [0, 0.05) is 25.4 Å². The SMILES string of the molecule is CCn1nc(C2CC2)c2sc(N3CCC[C@@H]3C(=O)CCc3ccccc3)nc2c1=O. The van der Waals surface area contributed by atoms with E-state index in [1.807, 2.05) is 25.1 Å². The lowest BCUT2D eigenvalue weighted by atomic mass is 10.0. The summed E-state index contributed by atoms with van der Waals surface area (Å²) in [6.07, 6.45) is 5.39. The highest BCUT2D eigenvalue weighted by Crippen LogP contribution is 2.44. The second-order valence-corrected chi connectivity index (χ2v) is 9.24. The maximum atomic E-state index is 13.0. The number of fused-ring (bicyclic) bond motifs is 1. The molecule has 156 valence electrons. The second-order valence-electron chi connectivity index (χ2n) is 8.26. The van der Waals surface area contributed by atoms with E-state index in [1.165, 1.54) is 10.2 Å². The van der Waals surface area contributed by atoms with E-state index in [9.17, 15) is 9.59 Å². The molecule has 1 aliphatic carbocycles. The standard InChI is InChI=1S/C23H26N4O2S/c1-2-27-22(29)20-21(19(25-27)16-11-12-16)30-23(24-20)26-14-6-9-17(26)18(28)13-10-15-7-4-3-5-8-15/h3-5,7-8,16-17H,2,6,9-14H2,1H3/t17-/m1/s1. The van der Waals surface area contributed by atoms with Gasteiger partial charge in [0.15, 0.2) is 16.4 Å². The van der Waals surface area contributed by atoms with Gasteiger partial charge < -0.3 is 4.90 Å². The average molecular weight is 423 g/mol. The molecule has 5 rings (SSSR count). The van der Waals surface area contributed by atoms with Crippen LogP contribution in [0.15, 0.2) is 35.1 Å². The molecule has 0 N–H and O–H groups in total. The summed E-state index contributed by atoms with van der Waals surface area (Å²) in [6.45, 7) is 3.30. The number of rotatable bonds is 7. The van der Waals surface area contributed by atoms with Crippen LogP contribution in [0.3, 0.4) is 0 Å². The highest BCUT2D eigenvalue weighted by atomic mass is 32.1. The molecule has 1 saturated heterocycles. The maximum Gasteiger partial charge on any atom is 0.294 e. The van der Waals surface area contributed by atoms with Gasteiger partial charge in [0.25, 0.3) is 5.56 Å². The number of aryl methyl sites for hydroxylation is 2. The van der Waals surface area contributed by atoms with E-state index in [2.05, 4.69) is 22.1 Å². The lowest BCUT2D eigenvalue weighted by molar-refractivity contribution is -0.120. The van der Waals surface area contributed by atoms with Gasteiger partial charge >= 0.3 is 0 Å². The Morgan fingerprint density at radius 1 is 1.20 bits per heavy atom. The Kier molecular flexibility index (Phi) is 5.15. The molecule has 0 radical (unpaired) electrons. The van der Waals surface area contributed by atoms with Crippen LogP contribution in [0.1, 0.15) is 56.2 Å². The van der Waals surface area contributed by atoms with Gasteiger partial charge in [0.2, 0.25) is 0 Å². The molecule has 0 unspecified atom stereocenters. The van der Waals surface area contributed by atoms with Gasteiger partial charge in [-0.2, -0.15) is 5.10 Å². The molecular formula is C23H26N4O2S. The fraction of sp³-hybridized carbons (Fsp3) is 0.478. The summed E-state index contributed by atoms with van der Waals surface area (Å²) >= 11 is 1.55. The molecule has 1 saturated carbocycles. The molecule has 3 aromatic rings. The lowest BCUT2D eigenvalue weighted by Gasteiger charge is -2.22. The zero-order chi connectivity index (χ0) is 20.7. The molecule has 7 heteroatoms. The van der Waals surface area contributed by atoms with Crippen molar-refractivity contribution in [3.63, 3.8) is 0 Å². The fourth-order valence-electron chi connectivity index (χ4n) is 4.34. The van der Waals surface area contributed by atoms with Crippen LogP contribution in [0.2, 0.25) is 0 Å². The molecule has 0 amide bonds. The number of carbonyl (C=O) groups excluding carboxylic acids is 1. The maximum absolute atomic E-state index is 13.0. The topological polar surface area (TPSA) is 68.1 Å². The van der Waals surface area contributed by atoms with E-state index in [1.54, 1.807) is 11.3 Å². The number of thiazole rings is 1. The van der Waals surface area contributed by atoms with Gasteiger partial charge in [0.05, 0.1) is 16.4 Å². The molecule has 1 aromatic carbocycles. The van der Waals surface area contributed by atoms with Crippen molar-refractivity contribution >= 4 is 32.5 Å². The smallest absolute Gasteiger partial charge is 0.294 e. The highest BCUT2D eigenvalue weighted by Gasteiger charge is 2.34. The zero-order valence-corrected chi connectivity index (χ0v) is 18.0. The van der Waals surface area contributed by atoms with Crippen LogP contribution in [-0.2, 0) is 17.8 Å². The highest BCUT2D eigenvalue weighted by molar-refractivity contribution is 7.22. The summed E-state index contributed by atoms with van der Waals surface area (Å²) in [4.78, 5) is 32.7. The third-order valence-corrected chi connectivity index (χ3v) is 7.27. The van der Waals surface area contributed by atoms with Gasteiger partial charge in [-0.3, -0.25) is 9.59 Å². The van der Waals surface area contributed by atoms with Gasteiger partial charge in [-0.15, -0.1) is 0 Å². The molecule has 6 nitrogen and oxygen atoms in total. The first-order chi connectivity index (χ1) is 14.7. The molecule has 2 fully saturated rings. The Balaban J connectivity index is 1.42. The third-order valence-electron chi connectivity index (χ3n) is 6.15. The van der Waals surface area contributed by atoms with Gasteiger partial charge in [0.1, 0.15) is 0 Å². The van der Waals surface area contributed by atoms with Crippen molar-refractivity contribution in [3.05, 3.63) is 51.9 Å². The molecule has 2 aromatic heterocycles. The van der Waals surface area contributed by atoms with Gasteiger partial charge in [-0.05, 0) is 44.6 Å².